The summed E-state index contributed by atoms with van der Waals surface area (Å²) in [6.07, 6.45) is -4.47. The first-order valence-corrected chi connectivity index (χ1v) is 8.24. The number of carbonyl (C=O) groups excluding carboxylic acids is 1. The Labute approximate surface area is 150 Å². The maximum absolute atomic E-state index is 13.8. The number of amides is 1. The van der Waals surface area contributed by atoms with Gasteiger partial charge in [-0.05, 0) is 36.4 Å². The molecule has 3 rings (SSSR count). The lowest BCUT2D eigenvalue weighted by molar-refractivity contribution is -0.137. The van der Waals surface area contributed by atoms with E-state index in [0.29, 0.717) is 15.3 Å². The predicted octanol–water partition coefficient (Wildman–Crippen LogP) is 5.33. The van der Waals surface area contributed by atoms with E-state index in [1.807, 2.05) is 0 Å². The van der Waals surface area contributed by atoms with E-state index < -0.39 is 23.5 Å². The molecule has 2 aromatic carbocycles. The van der Waals surface area contributed by atoms with Crippen LogP contribution in [0.3, 0.4) is 0 Å². The van der Waals surface area contributed by atoms with Crippen LogP contribution in [0.1, 0.15) is 15.2 Å². The molecule has 1 aromatic heterocycles. The molecule has 0 bridgehead atoms. The largest absolute Gasteiger partial charge is 0.416 e. The lowest BCUT2D eigenvalue weighted by Crippen LogP contribution is -2.28. The van der Waals surface area contributed by atoms with Crippen molar-refractivity contribution in [2.45, 2.75) is 6.18 Å². The van der Waals surface area contributed by atoms with Crippen LogP contribution in [0.5, 0.6) is 0 Å². The van der Waals surface area contributed by atoms with Crippen LogP contribution in [0.4, 0.5) is 23.2 Å². The molecule has 1 amide bonds. The number of halogens is 4. The molecule has 0 saturated carbocycles. The zero-order valence-corrected chi connectivity index (χ0v) is 13.9. The smallest absolute Gasteiger partial charge is 0.298 e. The highest BCUT2D eigenvalue weighted by molar-refractivity contribution is 7.17. The highest BCUT2D eigenvalue weighted by Crippen LogP contribution is 2.31. The van der Waals surface area contributed by atoms with Crippen molar-refractivity contribution < 1.29 is 22.4 Å². The van der Waals surface area contributed by atoms with E-state index in [-0.39, 0.29) is 5.69 Å². The molecular formula is C18H12F4N2OS. The number of rotatable bonds is 4. The average molecular weight is 380 g/mol. The highest BCUT2D eigenvalue weighted by atomic mass is 32.1. The minimum atomic E-state index is -4.47. The van der Waals surface area contributed by atoms with Crippen molar-refractivity contribution in [3.8, 4) is 10.4 Å². The van der Waals surface area contributed by atoms with Crippen LogP contribution in [0, 0.1) is 5.82 Å². The Bertz CT molecular complexity index is 937. The van der Waals surface area contributed by atoms with Gasteiger partial charge in [0, 0.05) is 10.4 Å². The fourth-order valence-electron chi connectivity index (χ4n) is 2.23. The van der Waals surface area contributed by atoms with E-state index in [1.54, 1.807) is 24.3 Å². The summed E-state index contributed by atoms with van der Waals surface area (Å²) >= 11 is 1.08. The quantitative estimate of drug-likeness (QED) is 0.474. The van der Waals surface area contributed by atoms with Crippen LogP contribution in [-0.4, -0.2) is 5.91 Å². The molecular weight excluding hydrogens is 368 g/mol. The van der Waals surface area contributed by atoms with Gasteiger partial charge >= 0.3 is 6.18 Å². The number of nitrogens with one attached hydrogen (secondary N) is 2. The molecule has 0 aliphatic rings. The minimum Gasteiger partial charge on any atom is -0.298 e. The van der Waals surface area contributed by atoms with Crippen molar-refractivity contribution in [2.24, 2.45) is 0 Å². The zero-order chi connectivity index (χ0) is 18.7. The van der Waals surface area contributed by atoms with Crippen molar-refractivity contribution in [1.29, 1.82) is 0 Å². The normalized spacial score (nSPS) is 11.2. The van der Waals surface area contributed by atoms with Crippen LogP contribution in [0.2, 0.25) is 0 Å². The van der Waals surface area contributed by atoms with Gasteiger partial charge in [-0.3, -0.25) is 15.6 Å². The van der Waals surface area contributed by atoms with Crippen LogP contribution in [0.25, 0.3) is 10.4 Å². The summed E-state index contributed by atoms with van der Waals surface area (Å²) in [6, 6.07) is 13.8. The summed E-state index contributed by atoms with van der Waals surface area (Å²) in [6.45, 7) is 0. The second kappa shape index (κ2) is 7.17. The molecule has 0 spiro atoms. The number of thiophene rings is 1. The Hall–Kier alpha value is -2.87. The van der Waals surface area contributed by atoms with Crippen molar-refractivity contribution in [3.63, 3.8) is 0 Å². The monoisotopic (exact) mass is 380 g/mol. The van der Waals surface area contributed by atoms with Crippen LogP contribution in [-0.2, 0) is 6.18 Å². The predicted molar refractivity (Wildman–Crippen MR) is 92.2 cm³/mol. The molecule has 3 nitrogen and oxygen atoms in total. The van der Waals surface area contributed by atoms with Crippen molar-refractivity contribution >= 4 is 22.9 Å². The zero-order valence-electron chi connectivity index (χ0n) is 13.1. The molecule has 2 N–H and O–H groups in total. The van der Waals surface area contributed by atoms with Gasteiger partial charge in [-0.1, -0.05) is 24.3 Å². The van der Waals surface area contributed by atoms with Gasteiger partial charge in [0.05, 0.1) is 16.1 Å². The molecule has 3 aromatic rings. The number of carbonyl (C=O) groups is 1. The maximum atomic E-state index is 13.8. The third kappa shape index (κ3) is 4.02. The molecule has 0 unspecified atom stereocenters. The molecule has 0 saturated heterocycles. The average Bonchev–Trinajstić information content (AvgIpc) is 3.09. The Morgan fingerprint density at radius 1 is 0.962 bits per heavy atom. The maximum Gasteiger partial charge on any atom is 0.416 e. The SMILES string of the molecule is O=C(NNc1cccc(C(F)(F)F)c1)c1ccc(-c2ccccc2F)s1. The second-order valence-corrected chi connectivity index (χ2v) is 6.39. The van der Waals surface area contributed by atoms with Crippen LogP contribution in [0.15, 0.2) is 60.7 Å². The highest BCUT2D eigenvalue weighted by Gasteiger charge is 2.30. The Kier molecular flexibility index (Phi) is 4.94. The number of hydrazine groups is 1. The number of hydrogen-bond donors (Lipinski definition) is 2. The molecule has 0 radical (unpaired) electrons. The number of hydrogen-bond acceptors (Lipinski definition) is 3. The molecule has 0 fully saturated rings. The third-order valence-electron chi connectivity index (χ3n) is 3.48. The molecule has 0 aliphatic heterocycles. The Morgan fingerprint density at radius 2 is 1.73 bits per heavy atom. The van der Waals surface area contributed by atoms with Gasteiger partial charge in [0.2, 0.25) is 0 Å². The lowest BCUT2D eigenvalue weighted by atomic mass is 10.2. The van der Waals surface area contributed by atoms with E-state index in [9.17, 15) is 22.4 Å². The van der Waals surface area contributed by atoms with Crippen molar-refractivity contribution in [1.82, 2.24) is 5.43 Å². The standard InChI is InChI=1S/C18H12F4N2OS/c19-14-7-2-1-6-13(14)15-8-9-16(26-15)17(25)24-23-12-5-3-4-11(10-12)18(20,21)22/h1-10,23H,(H,24,25). The Morgan fingerprint density at radius 3 is 2.46 bits per heavy atom. The summed E-state index contributed by atoms with van der Waals surface area (Å²) < 4.78 is 51.8. The fourth-order valence-corrected chi connectivity index (χ4v) is 3.16. The first kappa shape index (κ1) is 17.9. The summed E-state index contributed by atoms with van der Waals surface area (Å²) in [5.74, 6) is -0.932. The van der Waals surface area contributed by atoms with Crippen LogP contribution < -0.4 is 10.9 Å². The topological polar surface area (TPSA) is 41.1 Å². The fraction of sp³-hybridized carbons (Fsp3) is 0.0556. The van der Waals surface area contributed by atoms with Gasteiger partial charge in [0.15, 0.2) is 0 Å². The minimum absolute atomic E-state index is 0.0964. The van der Waals surface area contributed by atoms with Crippen molar-refractivity contribution in [2.75, 3.05) is 5.43 Å². The van der Waals surface area contributed by atoms with E-state index in [2.05, 4.69) is 10.9 Å². The molecule has 26 heavy (non-hydrogen) atoms. The number of benzene rings is 2. The van der Waals surface area contributed by atoms with Gasteiger partial charge in [-0.2, -0.15) is 13.2 Å². The third-order valence-corrected chi connectivity index (χ3v) is 4.60. The summed E-state index contributed by atoms with van der Waals surface area (Å²) in [4.78, 5) is 13.0. The molecule has 134 valence electrons. The molecule has 0 aliphatic carbocycles. The van der Waals surface area contributed by atoms with Gasteiger partial charge in [-0.25, -0.2) is 4.39 Å². The van der Waals surface area contributed by atoms with Crippen LogP contribution >= 0.6 is 11.3 Å². The van der Waals surface area contributed by atoms with Gasteiger partial charge in [0.25, 0.3) is 5.91 Å². The van der Waals surface area contributed by atoms with E-state index in [1.165, 1.54) is 24.3 Å². The van der Waals surface area contributed by atoms with Gasteiger partial charge < -0.3 is 0 Å². The van der Waals surface area contributed by atoms with Gasteiger partial charge in [0.1, 0.15) is 5.82 Å². The van der Waals surface area contributed by atoms with Crippen molar-refractivity contribution in [3.05, 3.63) is 76.9 Å². The molecule has 0 atom stereocenters. The first-order chi connectivity index (χ1) is 12.3. The molecule has 1 heterocycles. The van der Waals surface area contributed by atoms with Gasteiger partial charge in [-0.15, -0.1) is 11.3 Å². The second-order valence-electron chi connectivity index (χ2n) is 5.30. The van der Waals surface area contributed by atoms with E-state index >= 15 is 0 Å². The first-order valence-electron chi connectivity index (χ1n) is 7.43. The summed E-state index contributed by atoms with van der Waals surface area (Å²) in [5, 5.41) is 0. The Balaban J connectivity index is 1.69. The lowest BCUT2D eigenvalue weighted by Gasteiger charge is -2.11. The molecule has 8 heteroatoms. The number of anilines is 1. The number of alkyl halides is 3. The van der Waals surface area contributed by atoms with E-state index in [0.717, 1.165) is 23.5 Å². The van der Waals surface area contributed by atoms with E-state index in [4.69, 9.17) is 0 Å². The summed E-state index contributed by atoms with van der Waals surface area (Å²) in [5.41, 5.74) is 4.43. The summed E-state index contributed by atoms with van der Waals surface area (Å²) in [7, 11) is 0.